The third-order valence-corrected chi connectivity index (χ3v) is 5.80. The number of nitrogens with one attached hydrogen (secondary N) is 2. The minimum absolute atomic E-state index is 0.138. The Kier molecular flexibility index (Phi) is 6.86. The van der Waals surface area contributed by atoms with Gasteiger partial charge in [-0.3, -0.25) is 10.1 Å². The summed E-state index contributed by atoms with van der Waals surface area (Å²) in [5, 5.41) is 6.59. The summed E-state index contributed by atoms with van der Waals surface area (Å²) in [6.07, 6.45) is 2.93. The number of benzene rings is 3. The van der Waals surface area contributed by atoms with Crippen LogP contribution in [0.4, 0.5) is 5.69 Å². The minimum Gasteiger partial charge on any atom is -0.457 e. The quantitative estimate of drug-likeness (QED) is 0.179. The van der Waals surface area contributed by atoms with Crippen LogP contribution in [0.3, 0.4) is 0 Å². The van der Waals surface area contributed by atoms with E-state index in [-0.39, 0.29) is 5.11 Å². The smallest absolute Gasteiger partial charge is 0.250 e. The first-order valence-corrected chi connectivity index (χ1v) is 11.9. The summed E-state index contributed by atoms with van der Waals surface area (Å²) in [5.74, 6) is 1.25. The van der Waals surface area contributed by atoms with E-state index >= 15 is 0 Å². The molecule has 2 aromatic heterocycles. The van der Waals surface area contributed by atoms with Crippen molar-refractivity contribution in [3.8, 4) is 22.8 Å². The molecular formula is C27H17Cl2N3O3S. The highest BCUT2D eigenvalue weighted by atomic mass is 35.5. The Bertz CT molecular complexity index is 1610. The summed E-state index contributed by atoms with van der Waals surface area (Å²) in [4.78, 5) is 16.8. The van der Waals surface area contributed by atoms with E-state index in [9.17, 15) is 4.79 Å². The molecule has 36 heavy (non-hydrogen) atoms. The van der Waals surface area contributed by atoms with Gasteiger partial charge in [-0.25, -0.2) is 4.98 Å². The first-order valence-electron chi connectivity index (χ1n) is 10.8. The molecule has 5 rings (SSSR count). The zero-order valence-corrected chi connectivity index (χ0v) is 20.8. The molecule has 0 aliphatic carbocycles. The van der Waals surface area contributed by atoms with Gasteiger partial charge in [-0.2, -0.15) is 0 Å². The van der Waals surface area contributed by atoms with E-state index in [0.29, 0.717) is 44.0 Å². The number of rotatable bonds is 5. The lowest BCUT2D eigenvalue weighted by molar-refractivity contribution is -0.115. The van der Waals surface area contributed by atoms with Crippen molar-refractivity contribution in [1.29, 1.82) is 0 Å². The predicted octanol–water partition coefficient (Wildman–Crippen LogP) is 7.59. The molecule has 1 amide bonds. The summed E-state index contributed by atoms with van der Waals surface area (Å²) in [6, 6.07) is 23.9. The van der Waals surface area contributed by atoms with Gasteiger partial charge < -0.3 is 14.2 Å². The number of furan rings is 1. The average Bonchev–Trinajstić information content (AvgIpc) is 3.51. The highest BCUT2D eigenvalue weighted by Crippen LogP contribution is 2.32. The van der Waals surface area contributed by atoms with Crippen molar-refractivity contribution in [1.82, 2.24) is 10.3 Å². The lowest BCUT2D eigenvalue weighted by atomic mass is 10.2. The first-order chi connectivity index (χ1) is 17.4. The maximum atomic E-state index is 12.3. The lowest BCUT2D eigenvalue weighted by Gasteiger charge is -2.08. The molecule has 178 valence electrons. The third-order valence-electron chi connectivity index (χ3n) is 5.10. The van der Waals surface area contributed by atoms with Crippen molar-refractivity contribution in [2.75, 3.05) is 5.32 Å². The summed E-state index contributed by atoms with van der Waals surface area (Å²) < 4.78 is 11.6. The lowest BCUT2D eigenvalue weighted by Crippen LogP contribution is -2.32. The molecule has 0 fully saturated rings. The zero-order chi connectivity index (χ0) is 25.1. The maximum Gasteiger partial charge on any atom is 0.250 e. The number of hydrogen-bond acceptors (Lipinski definition) is 5. The summed E-state index contributed by atoms with van der Waals surface area (Å²) in [6.45, 7) is 0. The highest BCUT2D eigenvalue weighted by molar-refractivity contribution is 7.80. The van der Waals surface area contributed by atoms with E-state index in [4.69, 9.17) is 44.3 Å². The van der Waals surface area contributed by atoms with E-state index < -0.39 is 5.91 Å². The van der Waals surface area contributed by atoms with Crippen molar-refractivity contribution in [3.05, 3.63) is 101 Å². The fraction of sp³-hybridized carbons (Fsp3) is 0. The summed E-state index contributed by atoms with van der Waals surface area (Å²) in [7, 11) is 0. The van der Waals surface area contributed by atoms with E-state index in [1.165, 1.54) is 6.08 Å². The molecular weight excluding hydrogens is 517 g/mol. The van der Waals surface area contributed by atoms with Crippen LogP contribution in [0.2, 0.25) is 10.0 Å². The fourth-order valence-corrected chi connectivity index (χ4v) is 4.23. The number of fused-ring (bicyclic) bond motifs is 1. The zero-order valence-electron chi connectivity index (χ0n) is 18.5. The van der Waals surface area contributed by atoms with Gasteiger partial charge in [0.05, 0.1) is 5.02 Å². The maximum absolute atomic E-state index is 12.3. The Hall–Kier alpha value is -3.91. The van der Waals surface area contributed by atoms with Gasteiger partial charge in [0, 0.05) is 27.9 Å². The van der Waals surface area contributed by atoms with Crippen LogP contribution in [0.25, 0.3) is 40.0 Å². The number of carbonyl (C=O) groups is 1. The second kappa shape index (κ2) is 10.4. The van der Waals surface area contributed by atoms with Crippen LogP contribution < -0.4 is 10.6 Å². The van der Waals surface area contributed by atoms with Crippen LogP contribution in [0.15, 0.2) is 93.8 Å². The van der Waals surface area contributed by atoms with Crippen LogP contribution >= 0.6 is 35.4 Å². The number of aromatic nitrogens is 1. The molecule has 0 spiro atoms. The number of oxazole rings is 1. The van der Waals surface area contributed by atoms with Gasteiger partial charge in [0.25, 0.3) is 0 Å². The number of thiocarbonyl (C=S) groups is 1. The molecule has 9 heteroatoms. The molecule has 0 radical (unpaired) electrons. The molecule has 0 aliphatic rings. The van der Waals surface area contributed by atoms with Crippen LogP contribution in [0, 0.1) is 0 Å². The van der Waals surface area contributed by atoms with Crippen molar-refractivity contribution >= 4 is 69.3 Å². The molecule has 2 N–H and O–H groups in total. The largest absolute Gasteiger partial charge is 0.457 e. The summed E-state index contributed by atoms with van der Waals surface area (Å²) >= 11 is 17.5. The molecule has 6 nitrogen and oxygen atoms in total. The number of carbonyl (C=O) groups excluding carboxylic acids is 1. The van der Waals surface area contributed by atoms with Crippen molar-refractivity contribution < 1.29 is 13.6 Å². The second-order valence-electron chi connectivity index (χ2n) is 7.68. The van der Waals surface area contributed by atoms with Gasteiger partial charge in [-0.1, -0.05) is 59.6 Å². The molecule has 2 heterocycles. The second-order valence-corrected chi connectivity index (χ2v) is 8.93. The number of amides is 1. The van der Waals surface area contributed by atoms with Crippen LogP contribution in [0.1, 0.15) is 5.76 Å². The van der Waals surface area contributed by atoms with Gasteiger partial charge in [0.1, 0.15) is 17.0 Å². The third kappa shape index (κ3) is 5.49. The molecule has 0 atom stereocenters. The van der Waals surface area contributed by atoms with E-state index in [2.05, 4.69) is 15.6 Å². The van der Waals surface area contributed by atoms with Crippen LogP contribution in [-0.2, 0) is 4.79 Å². The molecule has 3 aromatic carbocycles. The van der Waals surface area contributed by atoms with Crippen molar-refractivity contribution in [2.45, 2.75) is 0 Å². The SMILES string of the molecule is O=C(/C=C/c1ccc(-c2ccccc2)o1)NC(=S)Nc1cccc(-c2nc3cc(Cl)cc(Cl)c3o2)c1. The normalized spacial score (nSPS) is 11.2. The minimum atomic E-state index is -0.396. The number of anilines is 1. The molecule has 0 saturated carbocycles. The van der Waals surface area contributed by atoms with Gasteiger partial charge in [-0.05, 0) is 60.8 Å². The monoisotopic (exact) mass is 533 g/mol. The molecule has 5 aromatic rings. The Morgan fingerprint density at radius 1 is 0.917 bits per heavy atom. The Morgan fingerprint density at radius 3 is 2.56 bits per heavy atom. The van der Waals surface area contributed by atoms with Gasteiger partial charge in [0.15, 0.2) is 10.7 Å². The average molecular weight is 534 g/mol. The van der Waals surface area contributed by atoms with Gasteiger partial charge in [-0.15, -0.1) is 0 Å². The predicted molar refractivity (Wildman–Crippen MR) is 147 cm³/mol. The Balaban J connectivity index is 1.22. The Labute approximate surface area is 221 Å². The number of halogens is 2. The van der Waals surface area contributed by atoms with E-state index in [0.717, 1.165) is 11.3 Å². The van der Waals surface area contributed by atoms with Crippen LogP contribution in [0.5, 0.6) is 0 Å². The van der Waals surface area contributed by atoms with E-state index in [1.807, 2.05) is 48.5 Å². The number of nitrogens with zero attached hydrogens (tertiary/aromatic N) is 1. The molecule has 0 bridgehead atoms. The molecule has 0 unspecified atom stereocenters. The summed E-state index contributed by atoms with van der Waals surface area (Å²) in [5.41, 5.74) is 3.31. The topological polar surface area (TPSA) is 80.3 Å². The first kappa shape index (κ1) is 23.8. The van der Waals surface area contributed by atoms with E-state index in [1.54, 1.807) is 36.4 Å². The van der Waals surface area contributed by atoms with Gasteiger partial charge in [0.2, 0.25) is 11.8 Å². The van der Waals surface area contributed by atoms with Crippen molar-refractivity contribution in [3.63, 3.8) is 0 Å². The standard InChI is InChI=1S/C27H17Cl2N3O3S/c28-18-14-21(29)25-22(15-18)31-26(35-25)17-7-4-8-19(13-17)30-27(36)32-24(33)12-10-20-9-11-23(34-20)16-5-2-1-3-6-16/h1-15H,(H2,30,32,33,36)/b12-10+. The fourth-order valence-electron chi connectivity index (χ4n) is 3.49. The van der Waals surface area contributed by atoms with Crippen LogP contribution in [-0.4, -0.2) is 16.0 Å². The van der Waals surface area contributed by atoms with Crippen molar-refractivity contribution in [2.24, 2.45) is 0 Å². The highest BCUT2D eigenvalue weighted by Gasteiger charge is 2.13. The molecule has 0 saturated heterocycles. The number of hydrogen-bond donors (Lipinski definition) is 2. The molecule has 0 aliphatic heterocycles. The Morgan fingerprint density at radius 2 is 1.72 bits per heavy atom. The van der Waals surface area contributed by atoms with Gasteiger partial charge >= 0.3 is 0 Å².